The maximum atomic E-state index is 13.5. The molecular formula is C16H19FN4O. The van der Waals surface area contributed by atoms with Crippen LogP contribution < -0.4 is 0 Å². The summed E-state index contributed by atoms with van der Waals surface area (Å²) in [5.41, 5.74) is 1.70. The second-order valence-corrected chi connectivity index (χ2v) is 5.76. The van der Waals surface area contributed by atoms with Crippen LogP contribution in [0.15, 0.2) is 36.8 Å². The SMILES string of the molecule is CN(C)C(C(=O)N1CCn2cncc2C1)c1cccc(F)c1. The summed E-state index contributed by atoms with van der Waals surface area (Å²) in [4.78, 5) is 20.7. The molecule has 22 heavy (non-hydrogen) atoms. The minimum absolute atomic E-state index is 0.0111. The number of rotatable bonds is 3. The summed E-state index contributed by atoms with van der Waals surface area (Å²) in [6.45, 7) is 1.92. The van der Waals surface area contributed by atoms with Gasteiger partial charge >= 0.3 is 0 Å². The van der Waals surface area contributed by atoms with Crippen LogP contribution in [-0.2, 0) is 17.9 Å². The zero-order valence-electron chi connectivity index (χ0n) is 12.7. The molecule has 2 aromatic rings. The fraction of sp³-hybridized carbons (Fsp3) is 0.375. The molecule has 1 aliphatic heterocycles. The van der Waals surface area contributed by atoms with Gasteiger partial charge in [0.1, 0.15) is 11.9 Å². The Morgan fingerprint density at radius 2 is 2.18 bits per heavy atom. The molecule has 6 heteroatoms. The van der Waals surface area contributed by atoms with Crippen molar-refractivity contribution in [1.82, 2.24) is 19.4 Å². The molecule has 0 spiro atoms. The van der Waals surface area contributed by atoms with Crippen molar-refractivity contribution in [3.63, 3.8) is 0 Å². The summed E-state index contributed by atoms with van der Waals surface area (Å²) in [7, 11) is 3.67. The van der Waals surface area contributed by atoms with E-state index in [0.717, 1.165) is 12.2 Å². The number of carbonyl (C=O) groups excluding carboxylic acids is 1. The van der Waals surface area contributed by atoms with E-state index >= 15 is 0 Å². The first-order valence-electron chi connectivity index (χ1n) is 7.26. The van der Waals surface area contributed by atoms with Gasteiger partial charge in [-0.3, -0.25) is 9.69 Å². The fourth-order valence-electron chi connectivity index (χ4n) is 2.88. The topological polar surface area (TPSA) is 41.4 Å². The van der Waals surface area contributed by atoms with Crippen LogP contribution in [0.4, 0.5) is 4.39 Å². The summed E-state index contributed by atoms with van der Waals surface area (Å²) in [6, 6.07) is 5.77. The van der Waals surface area contributed by atoms with Gasteiger partial charge in [0, 0.05) is 19.3 Å². The van der Waals surface area contributed by atoms with Gasteiger partial charge in [-0.15, -0.1) is 0 Å². The maximum Gasteiger partial charge on any atom is 0.244 e. The van der Waals surface area contributed by atoms with E-state index in [9.17, 15) is 9.18 Å². The second-order valence-electron chi connectivity index (χ2n) is 5.76. The first-order valence-corrected chi connectivity index (χ1v) is 7.26. The van der Waals surface area contributed by atoms with E-state index in [1.54, 1.807) is 24.7 Å². The summed E-state index contributed by atoms with van der Waals surface area (Å²) < 4.78 is 15.5. The molecule has 0 N–H and O–H groups in total. The third-order valence-electron chi connectivity index (χ3n) is 3.99. The Bertz CT molecular complexity index is 682. The van der Waals surface area contributed by atoms with E-state index in [1.807, 2.05) is 23.9 Å². The van der Waals surface area contributed by atoms with Crippen molar-refractivity contribution in [2.24, 2.45) is 0 Å². The third-order valence-corrected chi connectivity index (χ3v) is 3.99. The van der Waals surface area contributed by atoms with E-state index in [0.29, 0.717) is 18.7 Å². The van der Waals surface area contributed by atoms with Crippen LogP contribution in [0.5, 0.6) is 0 Å². The number of benzene rings is 1. The quantitative estimate of drug-likeness (QED) is 0.866. The molecule has 1 aromatic carbocycles. The number of imidazole rings is 1. The normalized spacial score (nSPS) is 15.7. The van der Waals surface area contributed by atoms with Crippen LogP contribution in [-0.4, -0.2) is 45.9 Å². The van der Waals surface area contributed by atoms with Gasteiger partial charge < -0.3 is 9.47 Å². The molecule has 0 saturated heterocycles. The first-order chi connectivity index (χ1) is 10.6. The number of fused-ring (bicyclic) bond motifs is 1. The van der Waals surface area contributed by atoms with Crippen molar-refractivity contribution in [2.45, 2.75) is 19.1 Å². The van der Waals surface area contributed by atoms with Crippen LogP contribution >= 0.6 is 0 Å². The third kappa shape index (κ3) is 2.74. The van der Waals surface area contributed by atoms with Crippen molar-refractivity contribution < 1.29 is 9.18 Å². The van der Waals surface area contributed by atoms with E-state index in [4.69, 9.17) is 0 Å². The molecule has 1 unspecified atom stereocenters. The van der Waals surface area contributed by atoms with Crippen molar-refractivity contribution in [3.05, 3.63) is 53.9 Å². The Kier molecular flexibility index (Phi) is 3.94. The van der Waals surface area contributed by atoms with Crippen molar-refractivity contribution in [3.8, 4) is 0 Å². The van der Waals surface area contributed by atoms with Crippen LogP contribution in [0, 0.1) is 5.82 Å². The Labute approximate surface area is 129 Å². The summed E-state index contributed by atoms with van der Waals surface area (Å²) in [5.74, 6) is -0.336. The molecule has 2 heterocycles. The number of aromatic nitrogens is 2. The molecular weight excluding hydrogens is 283 g/mol. The van der Waals surface area contributed by atoms with E-state index in [-0.39, 0.29) is 11.7 Å². The zero-order chi connectivity index (χ0) is 15.7. The highest BCUT2D eigenvalue weighted by molar-refractivity contribution is 5.83. The predicted molar refractivity (Wildman–Crippen MR) is 80.5 cm³/mol. The molecule has 0 aliphatic carbocycles. The average Bonchev–Trinajstić information content (AvgIpc) is 2.94. The van der Waals surface area contributed by atoms with E-state index in [1.165, 1.54) is 12.1 Å². The molecule has 1 amide bonds. The minimum atomic E-state index is -0.481. The van der Waals surface area contributed by atoms with Crippen molar-refractivity contribution in [1.29, 1.82) is 0 Å². The second kappa shape index (κ2) is 5.88. The largest absolute Gasteiger partial charge is 0.333 e. The molecule has 1 aromatic heterocycles. The van der Waals surface area contributed by atoms with Crippen LogP contribution in [0.1, 0.15) is 17.3 Å². The van der Waals surface area contributed by atoms with Gasteiger partial charge in [0.15, 0.2) is 0 Å². The molecule has 0 fully saturated rings. The molecule has 116 valence electrons. The summed E-state index contributed by atoms with van der Waals surface area (Å²) in [5, 5.41) is 0. The molecule has 0 saturated carbocycles. The average molecular weight is 302 g/mol. The lowest BCUT2D eigenvalue weighted by atomic mass is 10.0. The Morgan fingerprint density at radius 1 is 1.36 bits per heavy atom. The van der Waals surface area contributed by atoms with Gasteiger partial charge in [-0.2, -0.15) is 0 Å². The van der Waals surface area contributed by atoms with Gasteiger partial charge in [0.25, 0.3) is 0 Å². The van der Waals surface area contributed by atoms with Gasteiger partial charge in [-0.25, -0.2) is 9.37 Å². The van der Waals surface area contributed by atoms with Gasteiger partial charge in [0.2, 0.25) is 5.91 Å². The lowest BCUT2D eigenvalue weighted by molar-refractivity contribution is -0.137. The molecule has 1 atom stereocenters. The number of likely N-dealkylation sites (N-methyl/N-ethyl adjacent to an activating group) is 1. The summed E-state index contributed by atoms with van der Waals surface area (Å²) >= 11 is 0. The first kappa shape index (κ1) is 14.7. The lowest BCUT2D eigenvalue weighted by Gasteiger charge is -2.33. The van der Waals surface area contributed by atoms with Crippen LogP contribution in [0.3, 0.4) is 0 Å². The monoisotopic (exact) mass is 302 g/mol. The molecule has 1 aliphatic rings. The van der Waals surface area contributed by atoms with Crippen LogP contribution in [0.25, 0.3) is 0 Å². The highest BCUT2D eigenvalue weighted by atomic mass is 19.1. The van der Waals surface area contributed by atoms with Gasteiger partial charge in [-0.05, 0) is 31.8 Å². The van der Waals surface area contributed by atoms with Gasteiger partial charge in [0.05, 0.1) is 18.6 Å². The van der Waals surface area contributed by atoms with Crippen molar-refractivity contribution >= 4 is 5.91 Å². The van der Waals surface area contributed by atoms with E-state index < -0.39 is 6.04 Å². The summed E-state index contributed by atoms with van der Waals surface area (Å²) in [6.07, 6.45) is 3.57. The predicted octanol–water partition coefficient (Wildman–Crippen LogP) is 1.67. The molecule has 5 nitrogen and oxygen atoms in total. The number of hydrogen-bond donors (Lipinski definition) is 0. The number of halogens is 1. The highest BCUT2D eigenvalue weighted by Crippen LogP contribution is 2.24. The minimum Gasteiger partial charge on any atom is -0.333 e. The molecule has 0 radical (unpaired) electrons. The van der Waals surface area contributed by atoms with Crippen molar-refractivity contribution in [2.75, 3.05) is 20.6 Å². The van der Waals surface area contributed by atoms with Gasteiger partial charge in [-0.1, -0.05) is 12.1 Å². The molecule has 3 rings (SSSR count). The van der Waals surface area contributed by atoms with Crippen LogP contribution in [0.2, 0.25) is 0 Å². The Hall–Kier alpha value is -2.21. The number of amides is 1. The highest BCUT2D eigenvalue weighted by Gasteiger charge is 2.30. The smallest absolute Gasteiger partial charge is 0.244 e. The van der Waals surface area contributed by atoms with E-state index in [2.05, 4.69) is 9.55 Å². The maximum absolute atomic E-state index is 13.5. The lowest BCUT2D eigenvalue weighted by Crippen LogP contribution is -2.44. The number of nitrogens with zero attached hydrogens (tertiary/aromatic N) is 4. The number of carbonyl (C=O) groups is 1. The molecule has 0 bridgehead atoms. The standard InChI is InChI=1S/C16H19FN4O/c1-19(2)15(12-4-3-5-13(17)8-12)16(22)20-6-7-21-11-18-9-14(21)10-20/h3-5,8-9,11,15H,6-7,10H2,1-2H3. The number of hydrogen-bond acceptors (Lipinski definition) is 3. The fourth-order valence-corrected chi connectivity index (χ4v) is 2.88. The zero-order valence-corrected chi connectivity index (χ0v) is 12.7. The Morgan fingerprint density at radius 3 is 2.91 bits per heavy atom. The Balaban J connectivity index is 1.85.